The highest BCUT2D eigenvalue weighted by atomic mass is 32.2. The van der Waals surface area contributed by atoms with E-state index in [-0.39, 0.29) is 24.0 Å². The molecule has 0 spiro atoms. The average molecular weight is 378 g/mol. The second kappa shape index (κ2) is 8.77. The van der Waals surface area contributed by atoms with Gasteiger partial charge in [-0.05, 0) is 33.6 Å². The number of morpholine rings is 1. The lowest BCUT2D eigenvalue weighted by Gasteiger charge is -2.41. The molecule has 0 amide bonds. The van der Waals surface area contributed by atoms with Crippen molar-refractivity contribution in [1.82, 2.24) is 13.9 Å². The van der Waals surface area contributed by atoms with E-state index in [1.54, 1.807) is 6.92 Å². The molecule has 146 valence electrons. The van der Waals surface area contributed by atoms with Gasteiger partial charge in [0.25, 0.3) is 10.2 Å². The third-order valence-corrected chi connectivity index (χ3v) is 6.42. The number of esters is 1. The fourth-order valence-corrected chi connectivity index (χ4v) is 4.72. The van der Waals surface area contributed by atoms with E-state index in [0.29, 0.717) is 45.8 Å². The van der Waals surface area contributed by atoms with E-state index >= 15 is 0 Å². The zero-order valence-corrected chi connectivity index (χ0v) is 16.3. The van der Waals surface area contributed by atoms with Gasteiger partial charge >= 0.3 is 5.97 Å². The highest BCUT2D eigenvalue weighted by Gasteiger charge is 2.35. The maximum absolute atomic E-state index is 12.7. The zero-order chi connectivity index (χ0) is 18.5. The van der Waals surface area contributed by atoms with Gasteiger partial charge in [0, 0.05) is 38.3 Å². The maximum atomic E-state index is 12.7. The molecule has 0 aromatic rings. The van der Waals surface area contributed by atoms with E-state index < -0.39 is 10.2 Å². The molecule has 2 rings (SSSR count). The summed E-state index contributed by atoms with van der Waals surface area (Å²) in [6, 6.07) is 0. The van der Waals surface area contributed by atoms with Crippen molar-refractivity contribution in [2.75, 3.05) is 52.5 Å². The van der Waals surface area contributed by atoms with Crippen molar-refractivity contribution in [3.05, 3.63) is 0 Å². The smallest absolute Gasteiger partial charge is 0.310 e. The van der Waals surface area contributed by atoms with Crippen LogP contribution in [0.15, 0.2) is 0 Å². The van der Waals surface area contributed by atoms with E-state index in [0.717, 1.165) is 13.1 Å². The minimum Gasteiger partial charge on any atom is -0.466 e. The Labute approximate surface area is 151 Å². The number of nitrogens with one attached hydrogen (secondary N) is 1. The molecule has 1 atom stereocenters. The van der Waals surface area contributed by atoms with Crippen LogP contribution >= 0.6 is 0 Å². The Bertz CT molecular complexity index is 546. The van der Waals surface area contributed by atoms with Crippen LogP contribution in [0.3, 0.4) is 0 Å². The van der Waals surface area contributed by atoms with Crippen molar-refractivity contribution in [2.24, 2.45) is 5.92 Å². The minimum absolute atomic E-state index is 0.187. The van der Waals surface area contributed by atoms with Gasteiger partial charge in [0.05, 0.1) is 25.7 Å². The van der Waals surface area contributed by atoms with Crippen LogP contribution in [-0.4, -0.2) is 81.7 Å². The SMILES string of the molecule is CCOC(=O)[C@@H]1CCCN(S(=O)(=O)NCC(C)(C)N2CCOCC2)C1. The Kier molecular flexibility index (Phi) is 7.21. The number of hydrogen-bond donors (Lipinski definition) is 1. The van der Waals surface area contributed by atoms with E-state index in [9.17, 15) is 13.2 Å². The number of carbonyl (C=O) groups excluding carboxylic acids is 1. The summed E-state index contributed by atoms with van der Waals surface area (Å²) in [4.78, 5) is 14.1. The van der Waals surface area contributed by atoms with Crippen molar-refractivity contribution >= 4 is 16.2 Å². The fourth-order valence-electron chi connectivity index (χ4n) is 3.25. The van der Waals surface area contributed by atoms with Crippen LogP contribution in [-0.2, 0) is 24.5 Å². The highest BCUT2D eigenvalue weighted by Crippen LogP contribution is 2.21. The number of ether oxygens (including phenoxy) is 2. The molecule has 0 radical (unpaired) electrons. The van der Waals surface area contributed by atoms with Gasteiger partial charge in [-0.2, -0.15) is 12.7 Å². The van der Waals surface area contributed by atoms with Crippen LogP contribution < -0.4 is 4.72 Å². The molecule has 2 aliphatic rings. The quantitative estimate of drug-likeness (QED) is 0.638. The van der Waals surface area contributed by atoms with Crippen LogP contribution in [0.2, 0.25) is 0 Å². The van der Waals surface area contributed by atoms with Gasteiger partial charge in [0.1, 0.15) is 0 Å². The summed E-state index contributed by atoms with van der Waals surface area (Å²) in [6.07, 6.45) is 1.33. The van der Waals surface area contributed by atoms with Crippen molar-refractivity contribution in [2.45, 2.75) is 39.2 Å². The molecule has 0 aromatic carbocycles. The monoisotopic (exact) mass is 377 g/mol. The molecular formula is C16H31N3O5S. The first-order valence-electron chi connectivity index (χ1n) is 9.00. The Morgan fingerprint density at radius 1 is 1.28 bits per heavy atom. The van der Waals surface area contributed by atoms with Crippen LogP contribution in [0.25, 0.3) is 0 Å². The molecule has 9 heteroatoms. The molecule has 0 bridgehead atoms. The number of rotatable bonds is 7. The lowest BCUT2D eigenvalue weighted by atomic mass is 10.0. The van der Waals surface area contributed by atoms with Crippen LogP contribution in [0.4, 0.5) is 0 Å². The first-order chi connectivity index (χ1) is 11.8. The summed E-state index contributed by atoms with van der Waals surface area (Å²) < 4.78 is 39.8. The number of hydrogen-bond acceptors (Lipinski definition) is 6. The largest absolute Gasteiger partial charge is 0.466 e. The molecule has 1 N–H and O–H groups in total. The number of carbonyl (C=O) groups is 1. The number of nitrogens with zero attached hydrogens (tertiary/aromatic N) is 2. The fraction of sp³-hybridized carbons (Fsp3) is 0.938. The molecule has 25 heavy (non-hydrogen) atoms. The Morgan fingerprint density at radius 2 is 1.96 bits per heavy atom. The van der Waals surface area contributed by atoms with Crippen molar-refractivity contribution in [3.63, 3.8) is 0 Å². The molecule has 0 aliphatic carbocycles. The summed E-state index contributed by atoms with van der Waals surface area (Å²) >= 11 is 0. The molecule has 0 aromatic heterocycles. The third-order valence-electron chi connectivity index (χ3n) is 4.90. The summed E-state index contributed by atoms with van der Waals surface area (Å²) in [5.41, 5.74) is -0.298. The van der Waals surface area contributed by atoms with Gasteiger partial charge in [0.15, 0.2) is 0 Å². The van der Waals surface area contributed by atoms with Gasteiger partial charge in [0.2, 0.25) is 0 Å². The molecular weight excluding hydrogens is 346 g/mol. The Hall–Kier alpha value is -0.740. The van der Waals surface area contributed by atoms with E-state index in [1.807, 2.05) is 13.8 Å². The van der Waals surface area contributed by atoms with E-state index in [1.165, 1.54) is 4.31 Å². The molecule has 2 aliphatic heterocycles. The summed E-state index contributed by atoms with van der Waals surface area (Å²) in [5.74, 6) is -0.687. The molecule has 2 saturated heterocycles. The topological polar surface area (TPSA) is 88.2 Å². The second-order valence-electron chi connectivity index (χ2n) is 7.19. The van der Waals surface area contributed by atoms with Gasteiger partial charge in [-0.3, -0.25) is 9.69 Å². The molecule has 8 nitrogen and oxygen atoms in total. The van der Waals surface area contributed by atoms with Gasteiger partial charge < -0.3 is 9.47 Å². The van der Waals surface area contributed by atoms with Crippen LogP contribution in [0.5, 0.6) is 0 Å². The average Bonchev–Trinajstić information content (AvgIpc) is 2.61. The lowest BCUT2D eigenvalue weighted by molar-refractivity contribution is -0.149. The molecule has 2 fully saturated rings. The predicted molar refractivity (Wildman–Crippen MR) is 94.3 cm³/mol. The summed E-state index contributed by atoms with van der Waals surface area (Å²) in [6.45, 7) is 9.99. The van der Waals surface area contributed by atoms with Crippen molar-refractivity contribution in [1.29, 1.82) is 0 Å². The number of piperidine rings is 1. The maximum Gasteiger partial charge on any atom is 0.310 e. The van der Waals surface area contributed by atoms with Crippen molar-refractivity contribution in [3.8, 4) is 0 Å². The standard InChI is InChI=1S/C16H31N3O5S/c1-4-24-15(20)14-6-5-7-19(12-14)25(21,22)17-13-16(2,3)18-8-10-23-11-9-18/h14,17H,4-13H2,1-3H3/t14-/m1/s1. The first kappa shape index (κ1) is 20.6. The van der Waals surface area contributed by atoms with E-state index in [2.05, 4.69) is 9.62 Å². The van der Waals surface area contributed by atoms with Crippen LogP contribution in [0.1, 0.15) is 33.6 Å². The summed E-state index contributed by atoms with van der Waals surface area (Å²) in [5, 5.41) is 0. The first-order valence-corrected chi connectivity index (χ1v) is 10.4. The van der Waals surface area contributed by atoms with E-state index in [4.69, 9.17) is 9.47 Å². The molecule has 0 saturated carbocycles. The van der Waals surface area contributed by atoms with Gasteiger partial charge in [-0.15, -0.1) is 0 Å². The van der Waals surface area contributed by atoms with Crippen LogP contribution in [0, 0.1) is 5.92 Å². The predicted octanol–water partition coefficient (Wildman–Crippen LogP) is 0.207. The highest BCUT2D eigenvalue weighted by molar-refractivity contribution is 7.87. The third kappa shape index (κ3) is 5.62. The zero-order valence-electron chi connectivity index (χ0n) is 15.5. The summed E-state index contributed by atoms with van der Waals surface area (Å²) in [7, 11) is -3.62. The molecule has 2 heterocycles. The van der Waals surface area contributed by atoms with Gasteiger partial charge in [-0.1, -0.05) is 0 Å². The minimum atomic E-state index is -3.62. The van der Waals surface area contributed by atoms with Crippen molar-refractivity contribution < 1.29 is 22.7 Å². The lowest BCUT2D eigenvalue weighted by Crippen LogP contribution is -2.57. The molecule has 0 unspecified atom stereocenters. The Balaban J connectivity index is 1.92. The second-order valence-corrected chi connectivity index (χ2v) is 8.94. The Morgan fingerprint density at radius 3 is 2.60 bits per heavy atom. The normalized spacial score (nSPS) is 24.2. The van der Waals surface area contributed by atoms with Gasteiger partial charge in [-0.25, -0.2) is 4.72 Å².